The fraction of sp³-hybridized carbons (Fsp3) is 0.222. The van der Waals surface area contributed by atoms with E-state index in [1.54, 1.807) is 39.0 Å². The Labute approximate surface area is 138 Å². The van der Waals surface area contributed by atoms with Crippen molar-refractivity contribution in [3.63, 3.8) is 0 Å². The maximum Gasteiger partial charge on any atom is 0.412 e. The summed E-state index contributed by atoms with van der Waals surface area (Å²) in [5, 5.41) is 11.2. The number of halogens is 2. The molecule has 0 saturated carbocycles. The van der Waals surface area contributed by atoms with Crippen molar-refractivity contribution in [2.45, 2.75) is 26.4 Å². The molecule has 4 nitrogen and oxygen atoms in total. The molecule has 0 aliphatic carbocycles. The van der Waals surface area contributed by atoms with Gasteiger partial charge in [0.15, 0.2) is 11.6 Å². The standard InChI is InChI=1S/C18H16F2N2O2/c1-18(2,3)24-17(23)22-13-7-4-11(5-8-13)14-9-6-12(10-21)15(19)16(14)20/h4-9H,1-3H3,(H,22,23). The lowest BCUT2D eigenvalue weighted by Gasteiger charge is -2.19. The van der Waals surface area contributed by atoms with Gasteiger partial charge in [-0.05, 0) is 50.6 Å². The van der Waals surface area contributed by atoms with Gasteiger partial charge in [-0.15, -0.1) is 0 Å². The van der Waals surface area contributed by atoms with E-state index in [0.717, 1.165) is 0 Å². The smallest absolute Gasteiger partial charge is 0.412 e. The average Bonchev–Trinajstić information content (AvgIpc) is 2.49. The molecule has 2 rings (SSSR count). The fourth-order valence-corrected chi connectivity index (χ4v) is 2.01. The minimum atomic E-state index is -1.18. The van der Waals surface area contributed by atoms with Gasteiger partial charge in [0.25, 0.3) is 0 Å². The third-order valence-corrected chi connectivity index (χ3v) is 3.04. The van der Waals surface area contributed by atoms with Crippen molar-refractivity contribution in [1.29, 1.82) is 5.26 Å². The predicted molar refractivity (Wildman–Crippen MR) is 86.4 cm³/mol. The maximum absolute atomic E-state index is 14.0. The highest BCUT2D eigenvalue weighted by Crippen LogP contribution is 2.27. The van der Waals surface area contributed by atoms with E-state index in [-0.39, 0.29) is 11.1 Å². The molecule has 124 valence electrons. The number of rotatable bonds is 2. The van der Waals surface area contributed by atoms with E-state index < -0.39 is 23.3 Å². The zero-order chi connectivity index (χ0) is 17.9. The van der Waals surface area contributed by atoms with Gasteiger partial charge >= 0.3 is 6.09 Å². The monoisotopic (exact) mass is 330 g/mol. The molecular weight excluding hydrogens is 314 g/mol. The fourth-order valence-electron chi connectivity index (χ4n) is 2.01. The molecule has 0 aliphatic rings. The molecule has 0 unspecified atom stereocenters. The van der Waals surface area contributed by atoms with Crippen LogP contribution in [0, 0.1) is 23.0 Å². The van der Waals surface area contributed by atoms with Crippen LogP contribution in [0.15, 0.2) is 36.4 Å². The topological polar surface area (TPSA) is 62.1 Å². The van der Waals surface area contributed by atoms with Crippen LogP contribution in [0.3, 0.4) is 0 Å². The van der Waals surface area contributed by atoms with E-state index in [9.17, 15) is 13.6 Å². The first-order valence-electron chi connectivity index (χ1n) is 7.20. The van der Waals surface area contributed by atoms with Crippen LogP contribution in [-0.2, 0) is 4.74 Å². The molecule has 1 amide bonds. The van der Waals surface area contributed by atoms with Crippen molar-refractivity contribution in [3.05, 3.63) is 53.6 Å². The second-order valence-electron chi connectivity index (χ2n) is 6.10. The summed E-state index contributed by atoms with van der Waals surface area (Å²) in [4.78, 5) is 11.7. The summed E-state index contributed by atoms with van der Waals surface area (Å²) in [5.41, 5.74) is -0.0457. The highest BCUT2D eigenvalue weighted by Gasteiger charge is 2.17. The van der Waals surface area contributed by atoms with Gasteiger partial charge in [-0.1, -0.05) is 12.1 Å². The number of hydrogen-bond acceptors (Lipinski definition) is 3. The molecule has 1 N–H and O–H groups in total. The van der Waals surface area contributed by atoms with Crippen LogP contribution in [0.1, 0.15) is 26.3 Å². The van der Waals surface area contributed by atoms with Crippen LogP contribution in [0.4, 0.5) is 19.3 Å². The number of nitriles is 1. The number of amides is 1. The summed E-state index contributed by atoms with van der Waals surface area (Å²) < 4.78 is 32.8. The summed E-state index contributed by atoms with van der Waals surface area (Å²) in [6, 6.07) is 10.3. The molecule has 0 bridgehead atoms. The molecule has 0 fully saturated rings. The Bertz CT molecular complexity index is 803. The van der Waals surface area contributed by atoms with Crippen molar-refractivity contribution in [2.24, 2.45) is 0 Å². The third-order valence-electron chi connectivity index (χ3n) is 3.04. The normalized spacial score (nSPS) is 10.8. The van der Waals surface area contributed by atoms with Crippen LogP contribution in [0.25, 0.3) is 11.1 Å². The molecule has 0 atom stereocenters. The Kier molecular flexibility index (Phi) is 4.84. The number of nitrogens with one attached hydrogen (secondary N) is 1. The highest BCUT2D eigenvalue weighted by atomic mass is 19.2. The summed E-state index contributed by atoms with van der Waals surface area (Å²) >= 11 is 0. The van der Waals surface area contributed by atoms with Crippen LogP contribution in [0.2, 0.25) is 0 Å². The Balaban J connectivity index is 2.20. The Morgan fingerprint density at radius 1 is 1.08 bits per heavy atom. The van der Waals surface area contributed by atoms with Gasteiger partial charge in [0.1, 0.15) is 11.7 Å². The first-order chi connectivity index (χ1) is 11.2. The molecule has 0 spiro atoms. The lowest BCUT2D eigenvalue weighted by Crippen LogP contribution is -2.27. The molecule has 0 saturated heterocycles. The SMILES string of the molecule is CC(C)(C)OC(=O)Nc1ccc(-c2ccc(C#N)c(F)c2F)cc1. The second-order valence-corrected chi connectivity index (χ2v) is 6.10. The van der Waals surface area contributed by atoms with E-state index in [0.29, 0.717) is 11.3 Å². The Hall–Kier alpha value is -2.94. The number of carbonyl (C=O) groups excluding carboxylic acids is 1. The zero-order valence-corrected chi connectivity index (χ0v) is 13.5. The van der Waals surface area contributed by atoms with E-state index >= 15 is 0 Å². The summed E-state index contributed by atoms with van der Waals surface area (Å²) in [5.74, 6) is -2.26. The zero-order valence-electron chi connectivity index (χ0n) is 13.5. The van der Waals surface area contributed by atoms with Gasteiger partial charge in [0.2, 0.25) is 0 Å². The summed E-state index contributed by atoms with van der Waals surface area (Å²) in [6.07, 6.45) is -0.606. The van der Waals surface area contributed by atoms with E-state index in [4.69, 9.17) is 10.00 Å². The maximum atomic E-state index is 14.0. The van der Waals surface area contributed by atoms with Crippen LogP contribution in [0.5, 0.6) is 0 Å². The van der Waals surface area contributed by atoms with Gasteiger partial charge in [0, 0.05) is 11.3 Å². The quantitative estimate of drug-likeness (QED) is 0.856. The molecule has 0 radical (unpaired) electrons. The average molecular weight is 330 g/mol. The lowest BCUT2D eigenvalue weighted by molar-refractivity contribution is 0.0636. The molecule has 24 heavy (non-hydrogen) atoms. The lowest BCUT2D eigenvalue weighted by atomic mass is 10.0. The van der Waals surface area contributed by atoms with Crippen LogP contribution in [-0.4, -0.2) is 11.7 Å². The number of benzene rings is 2. The molecule has 0 aliphatic heterocycles. The number of ether oxygens (including phenoxy) is 1. The van der Waals surface area contributed by atoms with Gasteiger partial charge < -0.3 is 4.74 Å². The summed E-state index contributed by atoms with van der Waals surface area (Å²) in [6.45, 7) is 5.24. The van der Waals surface area contributed by atoms with Crippen molar-refractivity contribution < 1.29 is 18.3 Å². The van der Waals surface area contributed by atoms with Gasteiger partial charge in [0.05, 0.1) is 5.56 Å². The van der Waals surface area contributed by atoms with Gasteiger partial charge in [-0.25, -0.2) is 13.6 Å². The first-order valence-corrected chi connectivity index (χ1v) is 7.20. The largest absolute Gasteiger partial charge is 0.444 e. The number of anilines is 1. The number of hydrogen-bond donors (Lipinski definition) is 1. The molecule has 2 aromatic carbocycles. The second kappa shape index (κ2) is 6.67. The molecular formula is C18H16F2N2O2. The highest BCUT2D eigenvalue weighted by molar-refractivity contribution is 5.85. The van der Waals surface area contributed by atoms with Gasteiger partial charge in [-0.3, -0.25) is 5.32 Å². The number of nitrogens with zero attached hydrogens (tertiary/aromatic N) is 1. The van der Waals surface area contributed by atoms with Crippen molar-refractivity contribution in [3.8, 4) is 17.2 Å². The van der Waals surface area contributed by atoms with E-state index in [2.05, 4.69) is 5.32 Å². The molecule has 6 heteroatoms. The minimum absolute atomic E-state index is 0.0373. The van der Waals surface area contributed by atoms with Crippen molar-refractivity contribution >= 4 is 11.8 Å². The number of carbonyl (C=O) groups is 1. The van der Waals surface area contributed by atoms with Crippen LogP contribution >= 0.6 is 0 Å². The van der Waals surface area contributed by atoms with E-state index in [1.165, 1.54) is 24.3 Å². The Morgan fingerprint density at radius 2 is 1.71 bits per heavy atom. The first kappa shape index (κ1) is 17.4. The van der Waals surface area contributed by atoms with Gasteiger partial charge in [-0.2, -0.15) is 5.26 Å². The molecule has 0 heterocycles. The molecule has 2 aromatic rings. The van der Waals surface area contributed by atoms with Crippen molar-refractivity contribution in [1.82, 2.24) is 0 Å². The van der Waals surface area contributed by atoms with E-state index in [1.807, 2.05) is 0 Å². The minimum Gasteiger partial charge on any atom is -0.444 e. The van der Waals surface area contributed by atoms with Crippen LogP contribution < -0.4 is 5.32 Å². The summed E-state index contributed by atoms with van der Waals surface area (Å²) in [7, 11) is 0. The molecule has 0 aromatic heterocycles. The third kappa shape index (κ3) is 4.07. The van der Waals surface area contributed by atoms with Crippen molar-refractivity contribution in [2.75, 3.05) is 5.32 Å². The Morgan fingerprint density at radius 3 is 2.25 bits per heavy atom. The predicted octanol–water partition coefficient (Wildman–Crippen LogP) is 4.85.